The summed E-state index contributed by atoms with van der Waals surface area (Å²) in [5.41, 5.74) is 6.44. The molecule has 1 atom stereocenters. The average molecular weight is 449 g/mol. The lowest BCUT2D eigenvalue weighted by Crippen LogP contribution is -2.43. The number of carbonyl (C=O) groups is 1. The van der Waals surface area contributed by atoms with Crippen LogP contribution in [0.15, 0.2) is 65.6 Å². The third-order valence-corrected chi connectivity index (χ3v) is 7.86. The molecule has 6 heteroatoms. The Hall–Kier alpha value is -3.12. The lowest BCUT2D eigenvalue weighted by Gasteiger charge is -2.32. The molecule has 1 heterocycles. The van der Waals surface area contributed by atoms with E-state index in [2.05, 4.69) is 18.3 Å². The van der Waals surface area contributed by atoms with Crippen molar-refractivity contribution in [1.82, 2.24) is 5.32 Å². The van der Waals surface area contributed by atoms with Crippen LogP contribution in [-0.4, -0.2) is 20.9 Å². The summed E-state index contributed by atoms with van der Waals surface area (Å²) in [4.78, 5) is 13.2. The van der Waals surface area contributed by atoms with Crippen LogP contribution in [0.2, 0.25) is 0 Å². The molecule has 1 N–H and O–H groups in total. The van der Waals surface area contributed by atoms with Gasteiger partial charge in [-0.15, -0.1) is 0 Å². The molecule has 0 saturated carbocycles. The highest BCUT2D eigenvalue weighted by molar-refractivity contribution is 7.93. The molecule has 5 nitrogen and oxygen atoms in total. The molecular formula is C26H28N2O3S. The van der Waals surface area contributed by atoms with E-state index in [1.165, 1.54) is 4.31 Å². The van der Waals surface area contributed by atoms with Crippen LogP contribution in [-0.2, 0) is 21.2 Å². The Kier molecular flexibility index (Phi) is 5.82. The first kappa shape index (κ1) is 22.1. The number of hydrogen-bond acceptors (Lipinski definition) is 3. The summed E-state index contributed by atoms with van der Waals surface area (Å²) in [7, 11) is -3.85. The van der Waals surface area contributed by atoms with Crippen LogP contribution in [0.1, 0.15) is 42.1 Å². The van der Waals surface area contributed by atoms with Crippen molar-refractivity contribution in [2.24, 2.45) is 0 Å². The number of fused-ring (bicyclic) bond motifs is 3. The zero-order chi connectivity index (χ0) is 23.0. The van der Waals surface area contributed by atoms with Gasteiger partial charge in [0.1, 0.15) is 6.54 Å². The molecule has 1 aliphatic rings. The van der Waals surface area contributed by atoms with Gasteiger partial charge in [-0.05, 0) is 62.1 Å². The number of hydrogen-bond donors (Lipinski definition) is 1. The maximum Gasteiger partial charge on any atom is 0.265 e. The average Bonchev–Trinajstić information content (AvgIpc) is 2.76. The third-order valence-electron chi connectivity index (χ3n) is 6.04. The van der Waals surface area contributed by atoms with Gasteiger partial charge in [-0.25, -0.2) is 8.42 Å². The van der Waals surface area contributed by atoms with Gasteiger partial charge in [0.25, 0.3) is 10.0 Å². The summed E-state index contributed by atoms with van der Waals surface area (Å²) >= 11 is 0. The number of aryl methyl sites for hydroxylation is 3. The van der Waals surface area contributed by atoms with E-state index in [1.54, 1.807) is 12.1 Å². The molecule has 0 bridgehead atoms. The fourth-order valence-corrected chi connectivity index (χ4v) is 6.02. The van der Waals surface area contributed by atoms with E-state index in [0.29, 0.717) is 11.3 Å². The van der Waals surface area contributed by atoms with Crippen LogP contribution >= 0.6 is 0 Å². The van der Waals surface area contributed by atoms with Crippen LogP contribution in [0.4, 0.5) is 5.69 Å². The van der Waals surface area contributed by atoms with Crippen molar-refractivity contribution >= 4 is 21.6 Å². The number of sulfonamides is 1. The SMILES string of the molecule is CCc1ccc2c(c1)-c1ccccc1S(=O)(=O)N2CC(=O)N[C@H](C)c1ccc(C)cc1C. The number of benzene rings is 3. The summed E-state index contributed by atoms with van der Waals surface area (Å²) in [6.45, 7) is 7.74. The van der Waals surface area contributed by atoms with Crippen LogP contribution in [0.5, 0.6) is 0 Å². The standard InChI is InChI=1S/C26H28N2O3S/c1-5-20-11-13-24-23(15-20)22-8-6-7-9-25(22)32(30,31)28(24)16-26(29)27-19(4)21-12-10-17(2)14-18(21)3/h6-15,19H,5,16H2,1-4H3,(H,27,29)/t19-/m1/s1. The van der Waals surface area contributed by atoms with E-state index in [0.717, 1.165) is 34.2 Å². The van der Waals surface area contributed by atoms with Gasteiger partial charge < -0.3 is 5.32 Å². The molecule has 3 aromatic rings. The smallest absolute Gasteiger partial charge is 0.265 e. The molecule has 0 saturated heterocycles. The first-order chi connectivity index (χ1) is 15.2. The van der Waals surface area contributed by atoms with Gasteiger partial charge in [-0.2, -0.15) is 0 Å². The topological polar surface area (TPSA) is 66.5 Å². The minimum atomic E-state index is -3.85. The lowest BCUT2D eigenvalue weighted by molar-refractivity contribution is -0.120. The number of amides is 1. The summed E-state index contributed by atoms with van der Waals surface area (Å²) in [6, 6.07) is 18.6. The molecule has 0 aromatic heterocycles. The van der Waals surface area contributed by atoms with Gasteiger partial charge in [0.05, 0.1) is 16.6 Å². The Bertz CT molecular complexity index is 1300. The molecular weight excluding hydrogens is 420 g/mol. The second-order valence-electron chi connectivity index (χ2n) is 8.36. The summed E-state index contributed by atoms with van der Waals surface area (Å²) in [6.07, 6.45) is 0.843. The summed E-state index contributed by atoms with van der Waals surface area (Å²) < 4.78 is 28.1. The molecule has 0 unspecified atom stereocenters. The predicted molar refractivity (Wildman–Crippen MR) is 128 cm³/mol. The Morgan fingerprint density at radius 1 is 1.00 bits per heavy atom. The first-order valence-electron chi connectivity index (χ1n) is 10.8. The molecule has 4 rings (SSSR count). The highest BCUT2D eigenvalue weighted by Crippen LogP contribution is 2.43. The number of nitrogens with zero attached hydrogens (tertiary/aromatic N) is 1. The largest absolute Gasteiger partial charge is 0.348 e. The van der Waals surface area contributed by atoms with Crippen LogP contribution < -0.4 is 9.62 Å². The molecule has 0 fully saturated rings. The lowest BCUT2D eigenvalue weighted by atomic mass is 9.99. The summed E-state index contributed by atoms with van der Waals surface area (Å²) in [5, 5.41) is 2.97. The Morgan fingerprint density at radius 3 is 2.47 bits per heavy atom. The molecule has 0 spiro atoms. The van der Waals surface area contributed by atoms with E-state index in [9.17, 15) is 13.2 Å². The first-order valence-corrected chi connectivity index (χ1v) is 12.3. The number of nitrogens with one attached hydrogen (secondary N) is 1. The van der Waals surface area contributed by atoms with Gasteiger partial charge in [0.15, 0.2) is 0 Å². The quantitative estimate of drug-likeness (QED) is 0.603. The molecule has 0 radical (unpaired) electrons. The third kappa shape index (κ3) is 3.91. The molecule has 0 aliphatic carbocycles. The van der Waals surface area contributed by atoms with E-state index < -0.39 is 10.0 Å². The molecule has 1 aliphatic heterocycles. The van der Waals surface area contributed by atoms with Crippen LogP contribution in [0.25, 0.3) is 11.1 Å². The second kappa shape index (κ2) is 8.43. The van der Waals surface area contributed by atoms with Crippen molar-refractivity contribution in [3.8, 4) is 11.1 Å². The molecule has 32 heavy (non-hydrogen) atoms. The number of rotatable bonds is 5. The zero-order valence-electron chi connectivity index (χ0n) is 18.8. The maximum atomic E-state index is 13.5. The Balaban J connectivity index is 1.67. The van der Waals surface area contributed by atoms with Gasteiger partial charge in [-0.3, -0.25) is 9.10 Å². The van der Waals surface area contributed by atoms with Crippen molar-refractivity contribution in [1.29, 1.82) is 0 Å². The molecule has 1 amide bonds. The van der Waals surface area contributed by atoms with Crippen LogP contribution in [0.3, 0.4) is 0 Å². The highest BCUT2D eigenvalue weighted by atomic mass is 32.2. The van der Waals surface area contributed by atoms with E-state index in [-0.39, 0.29) is 23.4 Å². The van der Waals surface area contributed by atoms with Crippen molar-refractivity contribution in [2.45, 2.75) is 45.1 Å². The maximum absolute atomic E-state index is 13.5. The monoisotopic (exact) mass is 448 g/mol. The van der Waals surface area contributed by atoms with Gasteiger partial charge in [-0.1, -0.05) is 55.0 Å². The van der Waals surface area contributed by atoms with Crippen molar-refractivity contribution in [2.75, 3.05) is 10.8 Å². The fourth-order valence-electron chi connectivity index (χ4n) is 4.38. The van der Waals surface area contributed by atoms with Gasteiger partial charge in [0, 0.05) is 11.1 Å². The second-order valence-corrected chi connectivity index (χ2v) is 10.2. The Labute approximate surface area is 190 Å². The van der Waals surface area contributed by atoms with Gasteiger partial charge >= 0.3 is 0 Å². The van der Waals surface area contributed by atoms with Crippen molar-refractivity contribution < 1.29 is 13.2 Å². The van der Waals surface area contributed by atoms with E-state index in [4.69, 9.17) is 0 Å². The fraction of sp³-hybridized carbons (Fsp3) is 0.269. The van der Waals surface area contributed by atoms with Gasteiger partial charge in [0.2, 0.25) is 5.91 Å². The van der Waals surface area contributed by atoms with E-state index >= 15 is 0 Å². The van der Waals surface area contributed by atoms with E-state index in [1.807, 2.05) is 63.2 Å². The number of anilines is 1. The highest BCUT2D eigenvalue weighted by Gasteiger charge is 2.36. The molecule has 166 valence electrons. The number of carbonyl (C=O) groups excluding carboxylic acids is 1. The zero-order valence-corrected chi connectivity index (χ0v) is 19.7. The predicted octanol–water partition coefficient (Wildman–Crippen LogP) is 4.92. The van der Waals surface area contributed by atoms with Crippen LogP contribution in [0, 0.1) is 13.8 Å². The molecule has 3 aromatic carbocycles. The normalized spacial score (nSPS) is 14.9. The van der Waals surface area contributed by atoms with Crippen molar-refractivity contribution in [3.63, 3.8) is 0 Å². The summed E-state index contributed by atoms with van der Waals surface area (Å²) in [5.74, 6) is -0.342. The minimum Gasteiger partial charge on any atom is -0.348 e. The van der Waals surface area contributed by atoms with Crippen molar-refractivity contribution in [3.05, 3.63) is 82.9 Å². The minimum absolute atomic E-state index is 0.232. The Morgan fingerprint density at radius 2 is 1.75 bits per heavy atom.